The molecule has 0 radical (unpaired) electrons. The van der Waals surface area contributed by atoms with Crippen molar-refractivity contribution in [1.29, 1.82) is 0 Å². The second kappa shape index (κ2) is 11.2. The van der Waals surface area contributed by atoms with Crippen molar-refractivity contribution in [3.05, 3.63) is 11.6 Å². The molecule has 214 valence electrons. The number of hydrogen-bond donors (Lipinski definition) is 2. The van der Waals surface area contributed by atoms with E-state index in [4.69, 9.17) is 14.2 Å². The Morgan fingerprint density at radius 2 is 1.68 bits per heavy atom. The van der Waals surface area contributed by atoms with E-state index in [-0.39, 0.29) is 60.8 Å². The fraction of sp³-hybridized carbons (Fsp3) is 0.833. The van der Waals surface area contributed by atoms with Crippen LogP contribution in [0.25, 0.3) is 0 Å². The van der Waals surface area contributed by atoms with Crippen LogP contribution >= 0.6 is 0 Å². The average molecular weight is 535 g/mol. The van der Waals surface area contributed by atoms with Crippen LogP contribution in [0.2, 0.25) is 0 Å². The standard InChI is InChI=1S/C30H46O8/c1-5-7-15-36-30(35,37-16-8-6-2)38-19-25(33)29(34)14-12-23-22-10-9-20-17-21(31)11-13-27(20,3)26(22)24(32)18-28(23,29)4/h17,22-23,26,34-35H,5-16,18-19H2,1-4H3/t22-,23-,26+,27-,28-,29-/m0/s1. The van der Waals surface area contributed by atoms with Crippen molar-refractivity contribution in [2.24, 2.45) is 28.6 Å². The molecular formula is C30H46O8. The van der Waals surface area contributed by atoms with Crippen molar-refractivity contribution in [3.8, 4) is 0 Å². The van der Waals surface area contributed by atoms with E-state index in [0.717, 1.165) is 31.3 Å². The van der Waals surface area contributed by atoms with Crippen LogP contribution in [-0.2, 0) is 28.6 Å². The van der Waals surface area contributed by atoms with Crippen molar-refractivity contribution in [2.75, 3.05) is 19.8 Å². The molecule has 8 heteroatoms. The van der Waals surface area contributed by atoms with Crippen LogP contribution in [0, 0.1) is 28.6 Å². The normalized spacial score (nSPS) is 36.9. The highest BCUT2D eigenvalue weighted by atomic mass is 17.0. The number of aliphatic hydroxyl groups is 2. The first kappa shape index (κ1) is 29.5. The monoisotopic (exact) mass is 534 g/mol. The molecule has 4 aliphatic rings. The number of unbranched alkanes of at least 4 members (excludes halogenated alkanes) is 2. The average Bonchev–Trinajstić information content (AvgIpc) is 3.14. The third kappa shape index (κ3) is 5.07. The summed E-state index contributed by atoms with van der Waals surface area (Å²) in [6.45, 7) is 7.81. The number of fused-ring (bicyclic) bond motifs is 5. The maximum absolute atomic E-state index is 13.8. The largest absolute Gasteiger partial charge is 0.410 e. The summed E-state index contributed by atoms with van der Waals surface area (Å²) in [6, 6.07) is 0. The van der Waals surface area contributed by atoms with E-state index >= 15 is 0 Å². The zero-order valence-corrected chi connectivity index (χ0v) is 23.6. The molecule has 4 aliphatic carbocycles. The quantitative estimate of drug-likeness (QED) is 0.282. The Morgan fingerprint density at radius 3 is 2.32 bits per heavy atom. The predicted octanol–water partition coefficient (Wildman–Crippen LogP) is 4.25. The van der Waals surface area contributed by atoms with Gasteiger partial charge in [0.15, 0.2) is 11.6 Å². The minimum Gasteiger partial charge on any atom is -0.381 e. The summed E-state index contributed by atoms with van der Waals surface area (Å²) in [4.78, 5) is 39.5. The summed E-state index contributed by atoms with van der Waals surface area (Å²) in [7, 11) is 0. The van der Waals surface area contributed by atoms with Crippen molar-refractivity contribution in [3.63, 3.8) is 0 Å². The van der Waals surface area contributed by atoms with E-state index in [1.807, 2.05) is 20.8 Å². The first-order chi connectivity index (χ1) is 17.9. The second-order valence-electron chi connectivity index (χ2n) is 12.4. The number of hydrogen-bond acceptors (Lipinski definition) is 8. The van der Waals surface area contributed by atoms with Crippen LogP contribution in [-0.4, -0.2) is 59.1 Å². The fourth-order valence-electron chi connectivity index (χ4n) is 7.94. The molecule has 0 bridgehead atoms. The van der Waals surface area contributed by atoms with Gasteiger partial charge in [-0.2, -0.15) is 0 Å². The van der Waals surface area contributed by atoms with Crippen LogP contribution in [0.15, 0.2) is 11.6 Å². The predicted molar refractivity (Wildman–Crippen MR) is 140 cm³/mol. The van der Waals surface area contributed by atoms with Crippen LogP contribution < -0.4 is 0 Å². The molecule has 0 spiro atoms. The molecule has 2 N–H and O–H groups in total. The molecule has 8 nitrogen and oxygen atoms in total. The molecular weight excluding hydrogens is 488 g/mol. The number of allylic oxidation sites excluding steroid dienone is 1. The lowest BCUT2D eigenvalue weighted by molar-refractivity contribution is -0.483. The van der Waals surface area contributed by atoms with Gasteiger partial charge in [-0.15, -0.1) is 0 Å². The molecule has 0 aliphatic heterocycles. The molecule has 0 heterocycles. The first-order valence-corrected chi connectivity index (χ1v) is 14.6. The van der Waals surface area contributed by atoms with E-state index in [1.54, 1.807) is 6.08 Å². The van der Waals surface area contributed by atoms with Gasteiger partial charge < -0.3 is 19.7 Å². The third-order valence-corrected chi connectivity index (χ3v) is 10.2. The highest BCUT2D eigenvalue weighted by Gasteiger charge is 2.68. The molecule has 0 aromatic heterocycles. The Hall–Kier alpha value is -1.45. The van der Waals surface area contributed by atoms with Crippen molar-refractivity contribution >= 4 is 17.3 Å². The minimum absolute atomic E-state index is 0.00986. The minimum atomic E-state index is -2.36. The van der Waals surface area contributed by atoms with Crippen LogP contribution in [0.4, 0.5) is 0 Å². The summed E-state index contributed by atoms with van der Waals surface area (Å²) < 4.78 is 16.4. The number of Topliss-reactive ketones (excluding diaryl/α,β-unsaturated/α-hetero) is 2. The highest BCUT2D eigenvalue weighted by Crippen LogP contribution is 2.66. The van der Waals surface area contributed by atoms with Crippen molar-refractivity contribution in [1.82, 2.24) is 0 Å². The maximum atomic E-state index is 13.8. The lowest BCUT2D eigenvalue weighted by Gasteiger charge is -2.57. The van der Waals surface area contributed by atoms with E-state index in [0.29, 0.717) is 32.1 Å². The SMILES string of the molecule is CCCCOC(O)(OCCCC)OCC(=O)[C@@]1(O)CC[C@H]2[C@@H]3CCC4=CC(=O)CC[C@]4(C)[C@H]3C(=O)C[C@@]21C. The summed E-state index contributed by atoms with van der Waals surface area (Å²) in [5.41, 5.74) is -1.90. The van der Waals surface area contributed by atoms with E-state index < -0.39 is 29.6 Å². The number of ketones is 3. The molecule has 3 fully saturated rings. The Morgan fingerprint density at radius 1 is 1.03 bits per heavy atom. The number of carbonyl (C=O) groups excluding carboxylic acids is 3. The molecule has 0 aromatic carbocycles. The van der Waals surface area contributed by atoms with E-state index in [9.17, 15) is 24.6 Å². The molecule has 6 atom stereocenters. The lowest BCUT2D eigenvalue weighted by atomic mass is 9.46. The van der Waals surface area contributed by atoms with Gasteiger partial charge in [0.05, 0.1) is 13.2 Å². The number of carbonyl (C=O) groups is 3. The number of rotatable bonds is 12. The molecule has 0 saturated heterocycles. The highest BCUT2D eigenvalue weighted by molar-refractivity contribution is 5.94. The molecule has 0 amide bonds. The summed E-state index contributed by atoms with van der Waals surface area (Å²) in [5.74, 6) is -0.459. The van der Waals surface area contributed by atoms with Gasteiger partial charge >= 0.3 is 6.16 Å². The van der Waals surface area contributed by atoms with Crippen LogP contribution in [0.3, 0.4) is 0 Å². The zero-order chi connectivity index (χ0) is 27.8. The topological polar surface area (TPSA) is 119 Å². The molecule has 4 rings (SSSR count). The molecule has 0 unspecified atom stereocenters. The summed E-state index contributed by atoms with van der Waals surface area (Å²) in [5, 5.41) is 22.7. The molecule has 3 saturated carbocycles. The van der Waals surface area contributed by atoms with Gasteiger partial charge in [0.25, 0.3) is 0 Å². The van der Waals surface area contributed by atoms with Gasteiger partial charge in [0, 0.05) is 24.2 Å². The van der Waals surface area contributed by atoms with Gasteiger partial charge in [-0.25, -0.2) is 0 Å². The maximum Gasteiger partial charge on any atom is 0.410 e. The molecule has 0 aromatic rings. The Labute approximate surface area is 226 Å². The first-order valence-electron chi connectivity index (χ1n) is 14.6. The van der Waals surface area contributed by atoms with E-state index in [2.05, 4.69) is 6.92 Å². The summed E-state index contributed by atoms with van der Waals surface area (Å²) in [6.07, 6.45) is 6.19. The molecule has 38 heavy (non-hydrogen) atoms. The van der Waals surface area contributed by atoms with Gasteiger partial charge in [-0.05, 0) is 68.3 Å². The lowest BCUT2D eigenvalue weighted by Crippen LogP contribution is -2.61. The van der Waals surface area contributed by atoms with E-state index in [1.165, 1.54) is 0 Å². The fourth-order valence-corrected chi connectivity index (χ4v) is 7.94. The zero-order valence-electron chi connectivity index (χ0n) is 23.6. The van der Waals surface area contributed by atoms with Crippen molar-refractivity contribution in [2.45, 2.75) is 110 Å². The Balaban J connectivity index is 1.50. The van der Waals surface area contributed by atoms with Gasteiger partial charge in [-0.3, -0.25) is 19.1 Å². The Bertz CT molecular complexity index is 948. The van der Waals surface area contributed by atoms with Gasteiger partial charge in [-0.1, -0.05) is 46.1 Å². The Kier molecular flexibility index (Phi) is 8.71. The van der Waals surface area contributed by atoms with Gasteiger partial charge in [0.2, 0.25) is 0 Å². The van der Waals surface area contributed by atoms with Crippen LogP contribution in [0.1, 0.15) is 98.3 Å². The summed E-state index contributed by atoms with van der Waals surface area (Å²) >= 11 is 0. The third-order valence-electron chi connectivity index (χ3n) is 10.2. The smallest absolute Gasteiger partial charge is 0.381 e. The van der Waals surface area contributed by atoms with Gasteiger partial charge in [0.1, 0.15) is 18.0 Å². The second-order valence-corrected chi connectivity index (χ2v) is 12.4. The number of ether oxygens (including phenoxy) is 3. The van der Waals surface area contributed by atoms with Crippen LogP contribution in [0.5, 0.6) is 0 Å². The van der Waals surface area contributed by atoms with Crippen molar-refractivity contribution < 1.29 is 38.8 Å².